The first-order chi connectivity index (χ1) is 9.66. The Morgan fingerprint density at radius 2 is 2.25 bits per heavy atom. The van der Waals surface area contributed by atoms with Crippen molar-refractivity contribution in [2.24, 2.45) is 0 Å². The third kappa shape index (κ3) is 2.29. The first-order valence-electron chi connectivity index (χ1n) is 7.09. The number of amides is 1. The predicted octanol–water partition coefficient (Wildman–Crippen LogP) is 1.17. The molecule has 1 aliphatic rings. The molecule has 1 N–H and O–H groups in total. The number of nitrogens with zero attached hydrogens (tertiary/aromatic N) is 3. The molecule has 0 aliphatic carbocycles. The van der Waals surface area contributed by atoms with Crippen molar-refractivity contribution in [1.29, 1.82) is 0 Å². The SMILES string of the molecule is Cc1nc2ccccc2n1CC(=O)N1CCNC[C@H]1C. The molecule has 0 spiro atoms. The maximum Gasteiger partial charge on any atom is 0.242 e. The van der Waals surface area contributed by atoms with Gasteiger partial charge in [0.1, 0.15) is 12.4 Å². The van der Waals surface area contributed by atoms with E-state index in [-0.39, 0.29) is 11.9 Å². The van der Waals surface area contributed by atoms with E-state index in [9.17, 15) is 4.79 Å². The molecule has 5 nitrogen and oxygen atoms in total. The number of benzene rings is 1. The minimum Gasteiger partial charge on any atom is -0.336 e. The van der Waals surface area contributed by atoms with Gasteiger partial charge in [-0.15, -0.1) is 0 Å². The molecule has 0 radical (unpaired) electrons. The van der Waals surface area contributed by atoms with Crippen LogP contribution in [0.3, 0.4) is 0 Å². The van der Waals surface area contributed by atoms with E-state index >= 15 is 0 Å². The molecule has 2 aromatic rings. The first-order valence-corrected chi connectivity index (χ1v) is 7.09. The summed E-state index contributed by atoms with van der Waals surface area (Å²) in [7, 11) is 0. The first kappa shape index (κ1) is 13.1. The summed E-state index contributed by atoms with van der Waals surface area (Å²) in [4.78, 5) is 19.0. The third-order valence-electron chi connectivity index (χ3n) is 3.96. The molecule has 5 heteroatoms. The molecule has 0 bridgehead atoms. The molecule has 1 atom stereocenters. The minimum absolute atomic E-state index is 0.172. The standard InChI is InChI=1S/C15H20N4O/c1-11-9-16-7-8-18(11)15(20)10-19-12(2)17-13-5-3-4-6-14(13)19/h3-6,11,16H,7-10H2,1-2H3/t11-/m1/s1. The zero-order valence-corrected chi connectivity index (χ0v) is 12.0. The number of carbonyl (C=O) groups excluding carboxylic acids is 1. The number of piperazine rings is 1. The number of hydrogen-bond donors (Lipinski definition) is 1. The van der Waals surface area contributed by atoms with Crippen molar-refractivity contribution in [3.05, 3.63) is 30.1 Å². The molecular formula is C15H20N4O. The summed E-state index contributed by atoms with van der Waals surface area (Å²) in [5, 5.41) is 3.31. The van der Waals surface area contributed by atoms with Crippen LogP contribution >= 0.6 is 0 Å². The predicted molar refractivity (Wildman–Crippen MR) is 78.5 cm³/mol. The van der Waals surface area contributed by atoms with Crippen LogP contribution in [0.5, 0.6) is 0 Å². The van der Waals surface area contributed by atoms with Crippen molar-refractivity contribution in [2.45, 2.75) is 26.4 Å². The number of carbonyl (C=O) groups is 1. The fraction of sp³-hybridized carbons (Fsp3) is 0.467. The Bertz CT molecular complexity index is 634. The molecule has 1 saturated heterocycles. The number of hydrogen-bond acceptors (Lipinski definition) is 3. The number of aryl methyl sites for hydroxylation is 1. The highest BCUT2D eigenvalue weighted by Gasteiger charge is 2.23. The summed E-state index contributed by atoms with van der Waals surface area (Å²) in [6.45, 7) is 6.94. The Hall–Kier alpha value is -1.88. The summed E-state index contributed by atoms with van der Waals surface area (Å²) < 4.78 is 2.01. The van der Waals surface area contributed by atoms with Crippen molar-refractivity contribution in [2.75, 3.05) is 19.6 Å². The zero-order chi connectivity index (χ0) is 14.1. The molecule has 0 saturated carbocycles. The van der Waals surface area contributed by atoms with Crippen molar-refractivity contribution in [1.82, 2.24) is 19.8 Å². The van der Waals surface area contributed by atoms with Gasteiger partial charge in [-0.05, 0) is 26.0 Å². The van der Waals surface area contributed by atoms with Gasteiger partial charge >= 0.3 is 0 Å². The highest BCUT2D eigenvalue weighted by molar-refractivity contribution is 5.81. The van der Waals surface area contributed by atoms with Gasteiger partial charge in [0, 0.05) is 25.7 Å². The quantitative estimate of drug-likeness (QED) is 0.892. The fourth-order valence-electron chi connectivity index (χ4n) is 2.83. The Balaban J connectivity index is 1.85. The Morgan fingerprint density at radius 1 is 1.45 bits per heavy atom. The van der Waals surface area contributed by atoms with Crippen LogP contribution in [-0.4, -0.2) is 46.0 Å². The minimum atomic E-state index is 0.172. The van der Waals surface area contributed by atoms with Gasteiger partial charge in [-0.25, -0.2) is 4.98 Å². The van der Waals surface area contributed by atoms with Crippen molar-refractivity contribution in [3.63, 3.8) is 0 Å². The van der Waals surface area contributed by atoms with Crippen molar-refractivity contribution < 1.29 is 4.79 Å². The highest BCUT2D eigenvalue weighted by atomic mass is 16.2. The number of fused-ring (bicyclic) bond motifs is 1. The highest BCUT2D eigenvalue weighted by Crippen LogP contribution is 2.16. The molecular weight excluding hydrogens is 252 g/mol. The fourth-order valence-corrected chi connectivity index (χ4v) is 2.83. The van der Waals surface area contributed by atoms with Crippen LogP contribution < -0.4 is 5.32 Å². The van der Waals surface area contributed by atoms with Crippen LogP contribution in [0.4, 0.5) is 0 Å². The molecule has 0 unspecified atom stereocenters. The van der Waals surface area contributed by atoms with Crippen molar-refractivity contribution in [3.8, 4) is 0 Å². The molecule has 1 aliphatic heterocycles. The Kier molecular flexibility index (Phi) is 3.44. The second-order valence-corrected chi connectivity index (χ2v) is 5.37. The third-order valence-corrected chi connectivity index (χ3v) is 3.96. The average molecular weight is 272 g/mol. The van der Waals surface area contributed by atoms with Crippen LogP contribution in [0.2, 0.25) is 0 Å². The number of rotatable bonds is 2. The number of aromatic nitrogens is 2. The maximum atomic E-state index is 12.5. The number of para-hydroxylation sites is 2. The summed E-state index contributed by atoms with van der Waals surface area (Å²) in [6.07, 6.45) is 0. The van der Waals surface area contributed by atoms with Gasteiger partial charge in [0.25, 0.3) is 0 Å². The van der Waals surface area contributed by atoms with Crippen LogP contribution in [0.25, 0.3) is 11.0 Å². The van der Waals surface area contributed by atoms with Gasteiger partial charge in [-0.1, -0.05) is 12.1 Å². The Labute approximate surface area is 118 Å². The van der Waals surface area contributed by atoms with E-state index in [1.165, 1.54) is 0 Å². The normalized spacial score (nSPS) is 19.5. The second-order valence-electron chi connectivity index (χ2n) is 5.37. The van der Waals surface area contributed by atoms with E-state index in [1.807, 2.05) is 40.7 Å². The van der Waals surface area contributed by atoms with Gasteiger partial charge in [0.2, 0.25) is 5.91 Å². The molecule has 106 valence electrons. The molecule has 2 heterocycles. The largest absolute Gasteiger partial charge is 0.336 e. The molecule has 1 aromatic heterocycles. The van der Waals surface area contributed by atoms with Crippen LogP contribution in [0, 0.1) is 6.92 Å². The smallest absolute Gasteiger partial charge is 0.242 e. The van der Waals surface area contributed by atoms with Crippen LogP contribution in [0.15, 0.2) is 24.3 Å². The summed E-state index contributed by atoms with van der Waals surface area (Å²) >= 11 is 0. The lowest BCUT2D eigenvalue weighted by Crippen LogP contribution is -2.53. The van der Waals surface area contributed by atoms with Crippen LogP contribution in [-0.2, 0) is 11.3 Å². The number of nitrogens with one attached hydrogen (secondary N) is 1. The molecule has 20 heavy (non-hydrogen) atoms. The van der Waals surface area contributed by atoms with E-state index in [0.717, 1.165) is 36.5 Å². The molecule has 1 fully saturated rings. The summed E-state index contributed by atoms with van der Waals surface area (Å²) in [6, 6.07) is 8.21. The topological polar surface area (TPSA) is 50.2 Å². The van der Waals surface area contributed by atoms with Crippen molar-refractivity contribution >= 4 is 16.9 Å². The van der Waals surface area contributed by atoms with Gasteiger partial charge in [-0.3, -0.25) is 4.79 Å². The monoisotopic (exact) mass is 272 g/mol. The average Bonchev–Trinajstić information content (AvgIpc) is 2.76. The molecule has 1 aromatic carbocycles. The van der Waals surface area contributed by atoms with E-state index in [0.29, 0.717) is 6.54 Å². The molecule has 3 rings (SSSR count). The zero-order valence-electron chi connectivity index (χ0n) is 12.0. The lowest BCUT2D eigenvalue weighted by molar-refractivity contribution is -0.134. The van der Waals surface area contributed by atoms with Crippen LogP contribution in [0.1, 0.15) is 12.7 Å². The van der Waals surface area contributed by atoms with Gasteiger partial charge < -0.3 is 14.8 Å². The lowest BCUT2D eigenvalue weighted by atomic mass is 10.2. The summed E-state index contributed by atoms with van der Waals surface area (Å²) in [5.74, 6) is 1.06. The number of imidazole rings is 1. The van der Waals surface area contributed by atoms with E-state index in [2.05, 4.69) is 17.2 Å². The molecule has 1 amide bonds. The van der Waals surface area contributed by atoms with E-state index in [1.54, 1.807) is 0 Å². The maximum absolute atomic E-state index is 12.5. The van der Waals surface area contributed by atoms with Gasteiger partial charge in [0.15, 0.2) is 0 Å². The summed E-state index contributed by atoms with van der Waals surface area (Å²) in [5.41, 5.74) is 1.98. The second kappa shape index (κ2) is 5.25. The van der Waals surface area contributed by atoms with E-state index < -0.39 is 0 Å². The lowest BCUT2D eigenvalue weighted by Gasteiger charge is -2.34. The Morgan fingerprint density at radius 3 is 3.05 bits per heavy atom. The van der Waals surface area contributed by atoms with Gasteiger partial charge in [-0.2, -0.15) is 0 Å². The van der Waals surface area contributed by atoms with E-state index in [4.69, 9.17) is 0 Å². The van der Waals surface area contributed by atoms with Gasteiger partial charge in [0.05, 0.1) is 11.0 Å².